The molecule has 128 valence electrons. The Balaban J connectivity index is 0.000000613. The normalized spacial score (nSPS) is 9.88. The Bertz CT molecular complexity index is 1020. The Labute approximate surface area is 152 Å². The summed E-state index contributed by atoms with van der Waals surface area (Å²) in [5.41, 5.74) is 4.97. The molecule has 0 fully saturated rings. The van der Waals surface area contributed by atoms with Gasteiger partial charge in [0.1, 0.15) is 17.1 Å². The number of benzene rings is 2. The predicted molar refractivity (Wildman–Crippen MR) is 95.7 cm³/mol. The van der Waals surface area contributed by atoms with Gasteiger partial charge in [0.25, 0.3) is 0 Å². The highest BCUT2D eigenvalue weighted by atomic mass is 32.1. The highest BCUT2D eigenvalue weighted by Crippen LogP contribution is 2.31. The van der Waals surface area contributed by atoms with Gasteiger partial charge in [-0.3, -0.25) is 0 Å². The van der Waals surface area contributed by atoms with Crippen molar-refractivity contribution >= 4 is 17.5 Å². The monoisotopic (exact) mass is 365 g/mol. The first-order valence-corrected chi connectivity index (χ1v) is 8.43. The maximum Gasteiger partial charge on any atom is 0.373 e. The summed E-state index contributed by atoms with van der Waals surface area (Å²) < 4.78 is 18.2. The first-order valence-electron chi connectivity index (χ1n) is 7.55. The van der Waals surface area contributed by atoms with Crippen LogP contribution in [0.2, 0.25) is 0 Å². The molecule has 2 aromatic heterocycles. The van der Waals surface area contributed by atoms with Gasteiger partial charge in [-0.2, -0.15) is 9.59 Å². The van der Waals surface area contributed by atoms with Crippen LogP contribution in [0, 0.1) is 5.82 Å². The smallest absolute Gasteiger partial charge is 0.373 e. The lowest BCUT2D eigenvalue weighted by atomic mass is 10.0. The molecule has 0 N–H and O–H groups in total. The molecule has 6 heteroatoms. The standard InChI is InChI=1S/C19H12FNOS.CO2/c20-17-6-4-13(5-7-17)14-2-1-3-15(10-14)18-12-23-19(21-18)16-8-9-22-11-16;2-1-3/h1-12H;. The van der Waals surface area contributed by atoms with Crippen LogP contribution in [-0.4, -0.2) is 11.1 Å². The topological polar surface area (TPSA) is 60.2 Å². The highest BCUT2D eigenvalue weighted by Gasteiger charge is 2.08. The van der Waals surface area contributed by atoms with Crippen molar-refractivity contribution < 1.29 is 18.4 Å². The molecule has 2 aromatic carbocycles. The van der Waals surface area contributed by atoms with E-state index >= 15 is 0 Å². The third-order valence-electron chi connectivity index (χ3n) is 3.61. The molecule has 0 saturated heterocycles. The van der Waals surface area contributed by atoms with E-state index in [0.29, 0.717) is 0 Å². The molecule has 4 nitrogen and oxygen atoms in total. The van der Waals surface area contributed by atoms with Gasteiger partial charge < -0.3 is 4.42 Å². The maximum absolute atomic E-state index is 13.1. The zero-order valence-electron chi connectivity index (χ0n) is 13.4. The molecule has 0 saturated carbocycles. The summed E-state index contributed by atoms with van der Waals surface area (Å²) in [4.78, 5) is 20.9. The van der Waals surface area contributed by atoms with Crippen LogP contribution in [-0.2, 0) is 9.59 Å². The molecular formula is C20H12FNO3S. The van der Waals surface area contributed by atoms with Crippen LogP contribution < -0.4 is 0 Å². The Kier molecular flexibility index (Phi) is 5.49. The molecule has 0 amide bonds. The lowest BCUT2D eigenvalue weighted by molar-refractivity contribution is -0.191. The minimum absolute atomic E-state index is 0.228. The fourth-order valence-electron chi connectivity index (χ4n) is 2.43. The Morgan fingerprint density at radius 3 is 2.35 bits per heavy atom. The molecule has 0 bridgehead atoms. The van der Waals surface area contributed by atoms with Gasteiger partial charge >= 0.3 is 6.15 Å². The minimum Gasteiger partial charge on any atom is -0.472 e. The van der Waals surface area contributed by atoms with Crippen molar-refractivity contribution in [2.75, 3.05) is 0 Å². The first-order chi connectivity index (χ1) is 12.7. The molecule has 4 aromatic rings. The third-order valence-corrected chi connectivity index (χ3v) is 4.50. The molecule has 4 rings (SSSR count). The molecule has 0 atom stereocenters. The van der Waals surface area contributed by atoms with Crippen LogP contribution >= 0.6 is 11.3 Å². The van der Waals surface area contributed by atoms with Crippen molar-refractivity contribution in [3.05, 3.63) is 78.3 Å². The SMILES string of the molecule is Fc1ccc(-c2cccc(-c3csc(-c4ccoc4)n3)c2)cc1.O=C=O. The quantitative estimate of drug-likeness (QED) is 0.495. The average molecular weight is 365 g/mol. The second kappa shape index (κ2) is 8.16. The van der Waals surface area contributed by atoms with Gasteiger partial charge in [-0.05, 0) is 35.4 Å². The summed E-state index contributed by atoms with van der Waals surface area (Å²) in [6, 6.07) is 16.5. The Morgan fingerprint density at radius 2 is 1.65 bits per heavy atom. The molecule has 0 aliphatic heterocycles. The van der Waals surface area contributed by atoms with Crippen molar-refractivity contribution in [2.24, 2.45) is 0 Å². The van der Waals surface area contributed by atoms with Crippen molar-refractivity contribution in [2.45, 2.75) is 0 Å². The zero-order valence-corrected chi connectivity index (χ0v) is 14.2. The van der Waals surface area contributed by atoms with Gasteiger partial charge in [-0.15, -0.1) is 11.3 Å². The van der Waals surface area contributed by atoms with E-state index in [-0.39, 0.29) is 12.0 Å². The number of hydrogen-bond donors (Lipinski definition) is 0. The average Bonchev–Trinajstić information content (AvgIpc) is 3.35. The maximum atomic E-state index is 13.1. The molecule has 0 unspecified atom stereocenters. The van der Waals surface area contributed by atoms with E-state index in [2.05, 4.69) is 11.1 Å². The minimum atomic E-state index is -0.228. The second-order valence-corrected chi connectivity index (χ2v) is 6.08. The van der Waals surface area contributed by atoms with Gasteiger partial charge in [0.2, 0.25) is 0 Å². The van der Waals surface area contributed by atoms with Crippen LogP contribution in [0.3, 0.4) is 0 Å². The van der Waals surface area contributed by atoms with E-state index in [1.165, 1.54) is 12.1 Å². The van der Waals surface area contributed by atoms with Gasteiger partial charge in [-0.1, -0.05) is 30.3 Å². The van der Waals surface area contributed by atoms with Gasteiger partial charge in [0.15, 0.2) is 0 Å². The van der Waals surface area contributed by atoms with Crippen LogP contribution in [0.1, 0.15) is 0 Å². The number of hydrogen-bond acceptors (Lipinski definition) is 5. The molecular weight excluding hydrogens is 353 g/mol. The fourth-order valence-corrected chi connectivity index (χ4v) is 3.24. The number of rotatable bonds is 3. The van der Waals surface area contributed by atoms with Crippen molar-refractivity contribution in [3.8, 4) is 33.0 Å². The van der Waals surface area contributed by atoms with Gasteiger partial charge in [0, 0.05) is 16.5 Å². The number of aromatic nitrogens is 1. The van der Waals surface area contributed by atoms with E-state index < -0.39 is 0 Å². The number of furan rings is 1. The van der Waals surface area contributed by atoms with Crippen LogP contribution in [0.5, 0.6) is 0 Å². The fraction of sp³-hybridized carbons (Fsp3) is 0. The highest BCUT2D eigenvalue weighted by molar-refractivity contribution is 7.13. The van der Waals surface area contributed by atoms with E-state index in [1.807, 2.05) is 29.6 Å². The summed E-state index contributed by atoms with van der Waals surface area (Å²) in [6.07, 6.45) is 3.59. The lowest BCUT2D eigenvalue weighted by Crippen LogP contribution is -1.82. The Morgan fingerprint density at radius 1 is 0.923 bits per heavy atom. The van der Waals surface area contributed by atoms with E-state index in [0.717, 1.165) is 33.0 Å². The van der Waals surface area contributed by atoms with E-state index in [4.69, 9.17) is 14.0 Å². The van der Waals surface area contributed by atoms with Gasteiger partial charge in [0.05, 0.1) is 12.0 Å². The number of nitrogens with zero attached hydrogens (tertiary/aromatic N) is 1. The first kappa shape index (κ1) is 17.5. The molecule has 0 radical (unpaired) electrons. The summed E-state index contributed by atoms with van der Waals surface area (Å²) in [6.45, 7) is 0. The van der Waals surface area contributed by atoms with E-state index in [1.54, 1.807) is 36.0 Å². The number of carbonyl (C=O) groups excluding carboxylic acids is 2. The number of halogens is 1. The van der Waals surface area contributed by atoms with Crippen molar-refractivity contribution in [1.82, 2.24) is 4.98 Å². The third kappa shape index (κ3) is 4.00. The summed E-state index contributed by atoms with van der Waals surface area (Å²) in [7, 11) is 0. The van der Waals surface area contributed by atoms with Crippen LogP contribution in [0.25, 0.3) is 33.0 Å². The summed E-state index contributed by atoms with van der Waals surface area (Å²) in [5.74, 6) is -0.228. The van der Waals surface area contributed by atoms with E-state index in [9.17, 15) is 4.39 Å². The molecule has 0 spiro atoms. The predicted octanol–water partition coefficient (Wildman–Crippen LogP) is 5.29. The van der Waals surface area contributed by atoms with Crippen molar-refractivity contribution in [1.29, 1.82) is 0 Å². The summed E-state index contributed by atoms with van der Waals surface area (Å²) >= 11 is 1.59. The molecule has 0 aliphatic carbocycles. The van der Waals surface area contributed by atoms with Crippen LogP contribution in [0.4, 0.5) is 4.39 Å². The molecule has 26 heavy (non-hydrogen) atoms. The second-order valence-electron chi connectivity index (χ2n) is 5.22. The molecule has 2 heterocycles. The lowest BCUT2D eigenvalue weighted by Gasteiger charge is -2.04. The Hall–Kier alpha value is -3.34. The van der Waals surface area contributed by atoms with Crippen LogP contribution in [0.15, 0.2) is 76.9 Å². The largest absolute Gasteiger partial charge is 0.472 e. The summed E-state index contributed by atoms with van der Waals surface area (Å²) in [5, 5.41) is 2.97. The van der Waals surface area contributed by atoms with Crippen molar-refractivity contribution in [3.63, 3.8) is 0 Å². The number of thiazole rings is 1. The molecule has 0 aliphatic rings. The zero-order chi connectivity index (χ0) is 18.4. The van der Waals surface area contributed by atoms with Gasteiger partial charge in [-0.25, -0.2) is 9.37 Å².